The SMILES string of the molecule is CCC1CC2CCC(C(=O)O)C(CC)C2C(C(=O)O)C1. The second-order valence-corrected chi connectivity index (χ2v) is 6.62. The van der Waals surface area contributed by atoms with Crippen molar-refractivity contribution in [3.05, 3.63) is 0 Å². The van der Waals surface area contributed by atoms with E-state index in [1.165, 1.54) is 0 Å². The van der Waals surface area contributed by atoms with Crippen LogP contribution < -0.4 is 0 Å². The Balaban J connectivity index is 2.27. The second kappa shape index (κ2) is 6.15. The van der Waals surface area contributed by atoms with Crippen LogP contribution in [0.3, 0.4) is 0 Å². The Morgan fingerprint density at radius 3 is 2.10 bits per heavy atom. The summed E-state index contributed by atoms with van der Waals surface area (Å²) in [5, 5.41) is 19.0. The Morgan fingerprint density at radius 1 is 0.950 bits per heavy atom. The monoisotopic (exact) mass is 282 g/mol. The molecule has 0 heterocycles. The molecule has 0 aromatic carbocycles. The molecule has 6 unspecified atom stereocenters. The first-order valence-electron chi connectivity index (χ1n) is 7.95. The second-order valence-electron chi connectivity index (χ2n) is 6.62. The van der Waals surface area contributed by atoms with Gasteiger partial charge in [0.25, 0.3) is 0 Å². The molecule has 0 aliphatic heterocycles. The molecule has 2 fully saturated rings. The van der Waals surface area contributed by atoms with Gasteiger partial charge in [0.1, 0.15) is 0 Å². The molecule has 2 N–H and O–H groups in total. The highest BCUT2D eigenvalue weighted by molar-refractivity contribution is 5.72. The van der Waals surface area contributed by atoms with E-state index in [0.717, 1.165) is 38.5 Å². The minimum atomic E-state index is -0.739. The van der Waals surface area contributed by atoms with Crippen molar-refractivity contribution in [1.82, 2.24) is 0 Å². The van der Waals surface area contributed by atoms with E-state index in [2.05, 4.69) is 6.92 Å². The highest BCUT2D eigenvalue weighted by atomic mass is 16.4. The van der Waals surface area contributed by atoms with Gasteiger partial charge in [-0.1, -0.05) is 26.7 Å². The van der Waals surface area contributed by atoms with Crippen LogP contribution in [0.4, 0.5) is 0 Å². The van der Waals surface area contributed by atoms with Crippen LogP contribution in [-0.4, -0.2) is 22.2 Å². The zero-order valence-corrected chi connectivity index (χ0v) is 12.4. The van der Waals surface area contributed by atoms with Gasteiger partial charge in [0.05, 0.1) is 11.8 Å². The maximum absolute atomic E-state index is 11.7. The summed E-state index contributed by atoms with van der Waals surface area (Å²) in [6.07, 6.45) is 5.24. The third-order valence-corrected chi connectivity index (χ3v) is 5.78. The number of hydrogen-bond donors (Lipinski definition) is 2. The summed E-state index contributed by atoms with van der Waals surface area (Å²) in [4.78, 5) is 23.1. The molecular formula is C16H26O4. The zero-order chi connectivity index (χ0) is 14.9. The van der Waals surface area contributed by atoms with E-state index < -0.39 is 11.9 Å². The van der Waals surface area contributed by atoms with E-state index in [9.17, 15) is 19.8 Å². The molecule has 0 aromatic heterocycles. The lowest BCUT2D eigenvalue weighted by Crippen LogP contribution is -2.47. The fraction of sp³-hybridized carbons (Fsp3) is 0.875. The number of carboxylic acid groups (broad SMARTS) is 2. The molecule has 0 amide bonds. The molecule has 4 heteroatoms. The third kappa shape index (κ3) is 2.70. The average molecular weight is 282 g/mol. The van der Waals surface area contributed by atoms with E-state index in [4.69, 9.17) is 0 Å². The van der Waals surface area contributed by atoms with Crippen molar-refractivity contribution in [1.29, 1.82) is 0 Å². The number of carbonyl (C=O) groups is 2. The summed E-state index contributed by atoms with van der Waals surface area (Å²) in [6.45, 7) is 4.14. The summed E-state index contributed by atoms with van der Waals surface area (Å²) < 4.78 is 0. The first kappa shape index (κ1) is 15.3. The number of hydrogen-bond acceptors (Lipinski definition) is 2. The smallest absolute Gasteiger partial charge is 0.306 e. The molecule has 0 saturated heterocycles. The van der Waals surface area contributed by atoms with Crippen molar-refractivity contribution in [2.45, 2.75) is 52.4 Å². The molecule has 2 aliphatic carbocycles. The Bertz CT molecular complexity index is 379. The van der Waals surface area contributed by atoms with Gasteiger partial charge in [0, 0.05) is 0 Å². The normalized spacial score (nSPS) is 40.9. The van der Waals surface area contributed by atoms with E-state index in [1.807, 2.05) is 6.92 Å². The zero-order valence-electron chi connectivity index (χ0n) is 12.4. The van der Waals surface area contributed by atoms with Crippen LogP contribution in [0.15, 0.2) is 0 Å². The molecule has 20 heavy (non-hydrogen) atoms. The standard InChI is InChI=1S/C16H26O4/c1-3-9-7-10-5-6-12(15(17)18)11(4-2)14(10)13(8-9)16(19)20/h9-14H,3-8H2,1-2H3,(H,17,18)(H,19,20). The molecule has 2 saturated carbocycles. The van der Waals surface area contributed by atoms with Crippen molar-refractivity contribution >= 4 is 11.9 Å². The van der Waals surface area contributed by atoms with Crippen LogP contribution in [0.2, 0.25) is 0 Å². The molecule has 0 bridgehead atoms. The van der Waals surface area contributed by atoms with Gasteiger partial charge < -0.3 is 10.2 Å². The number of fused-ring (bicyclic) bond motifs is 1. The number of rotatable bonds is 4. The predicted octanol–water partition coefficient (Wildman–Crippen LogP) is 3.26. The molecule has 4 nitrogen and oxygen atoms in total. The van der Waals surface area contributed by atoms with Gasteiger partial charge in [-0.2, -0.15) is 0 Å². The van der Waals surface area contributed by atoms with Crippen LogP contribution >= 0.6 is 0 Å². The van der Waals surface area contributed by atoms with Gasteiger partial charge in [-0.3, -0.25) is 9.59 Å². The Hall–Kier alpha value is -1.06. The maximum Gasteiger partial charge on any atom is 0.306 e. The predicted molar refractivity (Wildman–Crippen MR) is 75.3 cm³/mol. The van der Waals surface area contributed by atoms with E-state index in [0.29, 0.717) is 11.8 Å². The molecule has 114 valence electrons. The molecule has 6 atom stereocenters. The highest BCUT2D eigenvalue weighted by Gasteiger charge is 2.50. The van der Waals surface area contributed by atoms with Crippen molar-refractivity contribution in [3.63, 3.8) is 0 Å². The largest absolute Gasteiger partial charge is 0.481 e. The van der Waals surface area contributed by atoms with E-state index in [1.54, 1.807) is 0 Å². The summed E-state index contributed by atoms with van der Waals surface area (Å²) in [7, 11) is 0. The fourth-order valence-corrected chi connectivity index (χ4v) is 4.82. The lowest BCUT2D eigenvalue weighted by molar-refractivity contribution is -0.158. The number of carboxylic acids is 2. The number of aliphatic carboxylic acids is 2. The fourth-order valence-electron chi connectivity index (χ4n) is 4.82. The average Bonchev–Trinajstić information content (AvgIpc) is 2.44. The van der Waals surface area contributed by atoms with E-state index >= 15 is 0 Å². The van der Waals surface area contributed by atoms with Crippen LogP contribution in [0.5, 0.6) is 0 Å². The summed E-state index contributed by atoms with van der Waals surface area (Å²) in [5.41, 5.74) is 0. The molecule has 2 rings (SSSR count). The van der Waals surface area contributed by atoms with Crippen molar-refractivity contribution < 1.29 is 19.8 Å². The Morgan fingerprint density at radius 2 is 1.60 bits per heavy atom. The van der Waals surface area contributed by atoms with Crippen LogP contribution in [0, 0.1) is 35.5 Å². The van der Waals surface area contributed by atoms with Crippen molar-refractivity contribution in [3.8, 4) is 0 Å². The molecule has 0 aromatic rings. The van der Waals surface area contributed by atoms with Gasteiger partial charge in [-0.25, -0.2) is 0 Å². The van der Waals surface area contributed by atoms with Crippen molar-refractivity contribution in [2.24, 2.45) is 35.5 Å². The first-order valence-corrected chi connectivity index (χ1v) is 7.95. The quantitative estimate of drug-likeness (QED) is 0.830. The van der Waals surface area contributed by atoms with Gasteiger partial charge in [0.15, 0.2) is 0 Å². The molecular weight excluding hydrogens is 256 g/mol. The molecule has 0 radical (unpaired) electrons. The van der Waals surface area contributed by atoms with Gasteiger partial charge in [-0.05, 0) is 49.4 Å². The topological polar surface area (TPSA) is 74.6 Å². The van der Waals surface area contributed by atoms with Gasteiger partial charge in [-0.15, -0.1) is 0 Å². The minimum Gasteiger partial charge on any atom is -0.481 e. The van der Waals surface area contributed by atoms with Crippen LogP contribution in [0.1, 0.15) is 52.4 Å². The van der Waals surface area contributed by atoms with Crippen LogP contribution in [-0.2, 0) is 9.59 Å². The third-order valence-electron chi connectivity index (χ3n) is 5.78. The van der Waals surface area contributed by atoms with Crippen LogP contribution in [0.25, 0.3) is 0 Å². The lowest BCUT2D eigenvalue weighted by Gasteiger charge is -2.49. The maximum atomic E-state index is 11.7. The highest BCUT2D eigenvalue weighted by Crippen LogP contribution is 2.52. The van der Waals surface area contributed by atoms with Gasteiger partial charge in [0.2, 0.25) is 0 Å². The molecule has 0 spiro atoms. The Labute approximate surface area is 120 Å². The summed E-state index contributed by atoms with van der Waals surface area (Å²) >= 11 is 0. The first-order chi connectivity index (χ1) is 9.49. The Kier molecular flexibility index (Phi) is 4.71. The summed E-state index contributed by atoms with van der Waals surface area (Å²) in [5.74, 6) is -1.14. The molecule has 2 aliphatic rings. The minimum absolute atomic E-state index is 0.0326. The van der Waals surface area contributed by atoms with Gasteiger partial charge >= 0.3 is 11.9 Å². The van der Waals surface area contributed by atoms with Crippen molar-refractivity contribution in [2.75, 3.05) is 0 Å². The van der Waals surface area contributed by atoms with E-state index in [-0.39, 0.29) is 23.7 Å². The lowest BCUT2D eigenvalue weighted by atomic mass is 9.55. The summed E-state index contributed by atoms with van der Waals surface area (Å²) in [6, 6.07) is 0.